The zero-order valence-electron chi connectivity index (χ0n) is 7.96. The third-order valence-electron chi connectivity index (χ3n) is 2.30. The molecule has 3 nitrogen and oxygen atoms in total. The first-order valence-electron chi connectivity index (χ1n) is 4.69. The monoisotopic (exact) mass is 212 g/mol. The zero-order valence-corrected chi connectivity index (χ0v) is 7.96. The van der Waals surface area contributed by atoms with E-state index in [9.17, 15) is 13.6 Å². The number of halogens is 2. The summed E-state index contributed by atoms with van der Waals surface area (Å²) in [5, 5.41) is 2.58. The van der Waals surface area contributed by atoms with E-state index in [1.165, 1.54) is 17.0 Å². The van der Waals surface area contributed by atoms with Crippen molar-refractivity contribution in [2.75, 3.05) is 18.0 Å². The van der Waals surface area contributed by atoms with E-state index in [0.29, 0.717) is 13.1 Å². The summed E-state index contributed by atoms with van der Waals surface area (Å²) in [7, 11) is 0. The number of amides is 2. The Kier molecular flexibility index (Phi) is 2.53. The lowest BCUT2D eigenvalue weighted by molar-refractivity contribution is 0.242. The Hall–Kier alpha value is -1.65. The fourth-order valence-electron chi connectivity index (χ4n) is 1.56. The van der Waals surface area contributed by atoms with Crippen LogP contribution >= 0.6 is 0 Å². The maximum atomic E-state index is 13.4. The summed E-state index contributed by atoms with van der Waals surface area (Å²) in [6.07, 6.45) is 0.724. The van der Waals surface area contributed by atoms with Crippen LogP contribution in [0.4, 0.5) is 19.3 Å². The minimum Gasteiger partial charge on any atom is -0.338 e. The lowest BCUT2D eigenvalue weighted by atomic mass is 10.2. The van der Waals surface area contributed by atoms with Gasteiger partial charge in [-0.2, -0.15) is 0 Å². The zero-order chi connectivity index (χ0) is 10.8. The van der Waals surface area contributed by atoms with Crippen LogP contribution in [0.3, 0.4) is 0 Å². The number of rotatable bonds is 1. The van der Waals surface area contributed by atoms with Gasteiger partial charge in [0.05, 0.1) is 5.69 Å². The molecule has 0 unspecified atom stereocenters. The minimum atomic E-state index is -0.977. The van der Waals surface area contributed by atoms with E-state index in [0.717, 1.165) is 12.5 Å². The second-order valence-corrected chi connectivity index (χ2v) is 3.31. The summed E-state index contributed by atoms with van der Waals surface area (Å²) in [5.41, 5.74) is -0.00722. The highest BCUT2D eigenvalue weighted by atomic mass is 19.2. The van der Waals surface area contributed by atoms with Gasteiger partial charge in [0, 0.05) is 13.1 Å². The normalized spacial score (nSPS) is 16.4. The molecule has 0 bridgehead atoms. The summed E-state index contributed by atoms with van der Waals surface area (Å²) in [4.78, 5) is 12.6. The molecule has 0 atom stereocenters. The number of nitrogens with zero attached hydrogens (tertiary/aromatic N) is 1. The largest absolute Gasteiger partial charge is 0.338 e. The van der Waals surface area contributed by atoms with E-state index in [4.69, 9.17) is 0 Å². The lowest BCUT2D eigenvalue weighted by Crippen LogP contribution is -2.46. The number of hydrogen-bond acceptors (Lipinski definition) is 1. The molecule has 15 heavy (non-hydrogen) atoms. The Morgan fingerprint density at radius 1 is 1.33 bits per heavy atom. The van der Waals surface area contributed by atoms with Gasteiger partial charge in [-0.1, -0.05) is 6.07 Å². The first-order valence-corrected chi connectivity index (χ1v) is 4.69. The summed E-state index contributed by atoms with van der Waals surface area (Å²) in [6, 6.07) is 3.42. The summed E-state index contributed by atoms with van der Waals surface area (Å²) >= 11 is 0. The third kappa shape index (κ3) is 1.77. The molecule has 1 saturated heterocycles. The lowest BCUT2D eigenvalue weighted by Gasteiger charge is -2.27. The predicted octanol–water partition coefficient (Wildman–Crippen LogP) is 1.88. The molecule has 0 saturated carbocycles. The molecule has 1 heterocycles. The van der Waals surface area contributed by atoms with Crippen LogP contribution < -0.4 is 10.2 Å². The fraction of sp³-hybridized carbons (Fsp3) is 0.300. The van der Waals surface area contributed by atoms with Crippen molar-refractivity contribution in [3.05, 3.63) is 29.8 Å². The molecule has 1 fully saturated rings. The Labute approximate surface area is 85.7 Å². The van der Waals surface area contributed by atoms with Crippen molar-refractivity contribution in [1.82, 2.24) is 5.32 Å². The average molecular weight is 212 g/mol. The van der Waals surface area contributed by atoms with E-state index >= 15 is 0 Å². The van der Waals surface area contributed by atoms with Crippen LogP contribution in [0.2, 0.25) is 0 Å². The van der Waals surface area contributed by atoms with Crippen LogP contribution in [0.5, 0.6) is 0 Å². The predicted molar refractivity (Wildman–Crippen MR) is 51.7 cm³/mol. The van der Waals surface area contributed by atoms with Crippen molar-refractivity contribution in [3.63, 3.8) is 0 Å². The van der Waals surface area contributed by atoms with E-state index in [1.54, 1.807) is 0 Å². The fourth-order valence-corrected chi connectivity index (χ4v) is 1.56. The number of urea groups is 1. The number of anilines is 1. The Morgan fingerprint density at radius 3 is 2.87 bits per heavy atom. The summed E-state index contributed by atoms with van der Waals surface area (Å²) in [5.74, 6) is -1.92. The van der Waals surface area contributed by atoms with Gasteiger partial charge >= 0.3 is 6.03 Å². The number of carbonyl (C=O) groups excluding carboxylic acids is 1. The van der Waals surface area contributed by atoms with Crippen LogP contribution in [0, 0.1) is 11.6 Å². The molecule has 2 rings (SSSR count). The highest BCUT2D eigenvalue weighted by molar-refractivity contribution is 5.92. The van der Waals surface area contributed by atoms with Crippen LogP contribution in [-0.2, 0) is 0 Å². The number of benzene rings is 1. The van der Waals surface area contributed by atoms with E-state index in [-0.39, 0.29) is 11.7 Å². The molecule has 1 aliphatic rings. The first kappa shape index (κ1) is 9.89. The quantitative estimate of drug-likeness (QED) is 0.757. The molecule has 1 aromatic rings. The first-order chi connectivity index (χ1) is 7.20. The van der Waals surface area contributed by atoms with Crippen molar-refractivity contribution < 1.29 is 13.6 Å². The van der Waals surface area contributed by atoms with Gasteiger partial charge in [-0.15, -0.1) is 0 Å². The van der Waals surface area contributed by atoms with Crippen LogP contribution in [-0.4, -0.2) is 19.1 Å². The molecule has 0 radical (unpaired) electrons. The number of hydrogen-bond donors (Lipinski definition) is 1. The van der Waals surface area contributed by atoms with Crippen molar-refractivity contribution in [2.24, 2.45) is 0 Å². The maximum absolute atomic E-state index is 13.4. The molecule has 1 N–H and O–H groups in total. The second-order valence-electron chi connectivity index (χ2n) is 3.31. The van der Waals surface area contributed by atoms with Crippen LogP contribution in [0.25, 0.3) is 0 Å². The standard InChI is InChI=1S/C10H10F2N2O/c11-7-3-1-4-8(9(7)12)14-6-2-5-13-10(14)15/h1,3-4H,2,5-6H2,(H,13,15). The number of nitrogens with one attached hydrogen (secondary N) is 1. The SMILES string of the molecule is O=C1NCCCN1c1cccc(F)c1F. The van der Waals surface area contributed by atoms with E-state index in [2.05, 4.69) is 5.32 Å². The van der Waals surface area contributed by atoms with Crippen molar-refractivity contribution in [2.45, 2.75) is 6.42 Å². The van der Waals surface area contributed by atoms with Gasteiger partial charge in [0.25, 0.3) is 0 Å². The third-order valence-corrected chi connectivity index (χ3v) is 2.30. The summed E-state index contributed by atoms with van der Waals surface area (Å²) < 4.78 is 26.3. The van der Waals surface area contributed by atoms with Crippen LogP contribution in [0.1, 0.15) is 6.42 Å². The van der Waals surface area contributed by atoms with Crippen molar-refractivity contribution in [1.29, 1.82) is 0 Å². The molecule has 0 aliphatic carbocycles. The highest BCUT2D eigenvalue weighted by Crippen LogP contribution is 2.22. The minimum absolute atomic E-state index is 0.00722. The Bertz CT molecular complexity index is 395. The second kappa shape index (κ2) is 3.84. The molecule has 2 amide bonds. The van der Waals surface area contributed by atoms with Gasteiger partial charge in [-0.05, 0) is 18.6 Å². The van der Waals surface area contributed by atoms with E-state index in [1.807, 2.05) is 0 Å². The molecule has 0 spiro atoms. The van der Waals surface area contributed by atoms with Crippen molar-refractivity contribution in [3.8, 4) is 0 Å². The smallest absolute Gasteiger partial charge is 0.321 e. The van der Waals surface area contributed by atoms with Gasteiger partial charge in [-0.3, -0.25) is 4.90 Å². The Morgan fingerprint density at radius 2 is 2.13 bits per heavy atom. The van der Waals surface area contributed by atoms with Crippen LogP contribution in [0.15, 0.2) is 18.2 Å². The topological polar surface area (TPSA) is 32.3 Å². The molecule has 80 valence electrons. The molecular formula is C10H10F2N2O. The van der Waals surface area contributed by atoms with Gasteiger partial charge < -0.3 is 5.32 Å². The van der Waals surface area contributed by atoms with Gasteiger partial charge in [0.15, 0.2) is 11.6 Å². The highest BCUT2D eigenvalue weighted by Gasteiger charge is 2.23. The molecule has 1 aromatic carbocycles. The maximum Gasteiger partial charge on any atom is 0.321 e. The molecule has 0 aromatic heterocycles. The summed E-state index contributed by atoms with van der Waals surface area (Å²) in [6.45, 7) is 0.985. The molecule has 1 aliphatic heterocycles. The van der Waals surface area contributed by atoms with Gasteiger partial charge in [-0.25, -0.2) is 13.6 Å². The van der Waals surface area contributed by atoms with E-state index < -0.39 is 11.6 Å². The number of carbonyl (C=O) groups is 1. The van der Waals surface area contributed by atoms with Gasteiger partial charge in [0.2, 0.25) is 0 Å². The molecule has 5 heteroatoms. The average Bonchev–Trinajstić information content (AvgIpc) is 2.23. The molecular weight excluding hydrogens is 202 g/mol. The van der Waals surface area contributed by atoms with Gasteiger partial charge in [0.1, 0.15) is 0 Å². The Balaban J connectivity index is 2.35. The van der Waals surface area contributed by atoms with Crippen molar-refractivity contribution >= 4 is 11.7 Å².